The van der Waals surface area contributed by atoms with E-state index >= 15 is 0 Å². The van der Waals surface area contributed by atoms with Crippen LogP contribution in [0.5, 0.6) is 11.5 Å². The SMILES string of the molecule is Cc1ccc2c(c1)NC(=O)c1cc(S(=O)(=O)N3CCOCC3)c(NC3CCCCC3)cc1O2. The number of carbonyl (C=O) groups excluding carboxylic acids is 1. The maximum absolute atomic E-state index is 13.6. The number of nitrogens with one attached hydrogen (secondary N) is 2. The van der Waals surface area contributed by atoms with Crippen LogP contribution in [0.3, 0.4) is 0 Å². The first-order chi connectivity index (χ1) is 15.9. The van der Waals surface area contributed by atoms with Gasteiger partial charge in [-0.1, -0.05) is 25.3 Å². The van der Waals surface area contributed by atoms with Crippen LogP contribution in [-0.2, 0) is 14.8 Å². The van der Waals surface area contributed by atoms with E-state index in [1.54, 1.807) is 6.07 Å². The quantitative estimate of drug-likeness (QED) is 0.696. The molecule has 0 spiro atoms. The Hall–Kier alpha value is -2.62. The summed E-state index contributed by atoms with van der Waals surface area (Å²) in [6.45, 7) is 3.22. The minimum Gasteiger partial charge on any atom is -0.454 e. The number of anilines is 2. The van der Waals surface area contributed by atoms with E-state index in [0.29, 0.717) is 36.1 Å². The van der Waals surface area contributed by atoms with Crippen molar-refractivity contribution in [2.45, 2.75) is 50.0 Å². The van der Waals surface area contributed by atoms with E-state index in [4.69, 9.17) is 9.47 Å². The molecule has 8 nitrogen and oxygen atoms in total. The lowest BCUT2D eigenvalue weighted by Gasteiger charge is -2.29. The van der Waals surface area contributed by atoms with E-state index in [0.717, 1.165) is 31.2 Å². The number of carbonyl (C=O) groups is 1. The fourth-order valence-corrected chi connectivity index (χ4v) is 6.25. The summed E-state index contributed by atoms with van der Waals surface area (Å²) in [5.41, 5.74) is 2.23. The molecule has 2 heterocycles. The molecule has 33 heavy (non-hydrogen) atoms. The third-order valence-electron chi connectivity index (χ3n) is 6.48. The molecular weight excluding hydrogens is 442 g/mol. The van der Waals surface area contributed by atoms with Gasteiger partial charge in [-0.25, -0.2) is 8.42 Å². The number of hydrogen-bond donors (Lipinski definition) is 2. The molecule has 2 aromatic rings. The molecule has 3 aliphatic rings. The Bertz CT molecular complexity index is 1170. The number of fused-ring (bicyclic) bond motifs is 2. The van der Waals surface area contributed by atoms with Crippen molar-refractivity contribution in [2.75, 3.05) is 36.9 Å². The monoisotopic (exact) mass is 471 g/mol. The van der Waals surface area contributed by atoms with Crippen molar-refractivity contribution in [3.05, 3.63) is 41.5 Å². The predicted octanol–water partition coefficient (Wildman–Crippen LogP) is 4.12. The van der Waals surface area contributed by atoms with Crippen LogP contribution in [0.2, 0.25) is 0 Å². The number of aryl methyl sites for hydroxylation is 1. The Morgan fingerprint density at radius 3 is 2.55 bits per heavy atom. The predicted molar refractivity (Wildman–Crippen MR) is 126 cm³/mol. The van der Waals surface area contributed by atoms with E-state index in [1.807, 2.05) is 25.1 Å². The van der Waals surface area contributed by atoms with Gasteiger partial charge in [0.2, 0.25) is 10.0 Å². The lowest BCUT2D eigenvalue weighted by molar-refractivity contribution is 0.0730. The number of benzene rings is 2. The van der Waals surface area contributed by atoms with Crippen molar-refractivity contribution in [3.63, 3.8) is 0 Å². The first kappa shape index (κ1) is 22.2. The number of amides is 1. The summed E-state index contributed by atoms with van der Waals surface area (Å²) in [5.74, 6) is 0.478. The third-order valence-corrected chi connectivity index (χ3v) is 8.42. The third kappa shape index (κ3) is 4.45. The molecule has 9 heteroatoms. The van der Waals surface area contributed by atoms with Gasteiger partial charge in [-0.2, -0.15) is 4.31 Å². The lowest BCUT2D eigenvalue weighted by atomic mass is 9.95. The van der Waals surface area contributed by atoms with Crippen LogP contribution in [-0.4, -0.2) is 51.0 Å². The summed E-state index contributed by atoms with van der Waals surface area (Å²) in [4.78, 5) is 13.2. The average molecular weight is 472 g/mol. The number of sulfonamides is 1. The van der Waals surface area contributed by atoms with Crippen molar-refractivity contribution in [1.29, 1.82) is 0 Å². The highest BCUT2D eigenvalue weighted by molar-refractivity contribution is 7.89. The molecule has 0 aromatic heterocycles. The van der Waals surface area contributed by atoms with Gasteiger partial charge in [-0.15, -0.1) is 0 Å². The second kappa shape index (κ2) is 8.96. The molecule has 0 atom stereocenters. The number of rotatable bonds is 4. The van der Waals surface area contributed by atoms with Crippen LogP contribution >= 0.6 is 0 Å². The van der Waals surface area contributed by atoms with Crippen molar-refractivity contribution < 1.29 is 22.7 Å². The van der Waals surface area contributed by atoms with Gasteiger partial charge in [0.1, 0.15) is 10.6 Å². The van der Waals surface area contributed by atoms with E-state index < -0.39 is 15.9 Å². The highest BCUT2D eigenvalue weighted by Gasteiger charge is 2.33. The van der Waals surface area contributed by atoms with E-state index in [1.165, 1.54) is 16.8 Å². The zero-order valence-corrected chi connectivity index (χ0v) is 19.5. The number of nitrogens with zero attached hydrogens (tertiary/aromatic N) is 1. The van der Waals surface area contributed by atoms with Crippen LogP contribution in [0.1, 0.15) is 48.0 Å². The van der Waals surface area contributed by atoms with Crippen molar-refractivity contribution in [2.24, 2.45) is 0 Å². The standard InChI is InChI=1S/C24H29N3O5S/c1-16-7-8-21-19(13-16)26-24(28)18-14-23(33(29,30)27-9-11-31-12-10-27)20(15-22(18)32-21)25-17-5-3-2-4-6-17/h7-8,13-15,17,25H,2-6,9-12H2,1H3,(H,26,28). The van der Waals surface area contributed by atoms with Crippen LogP contribution in [0.25, 0.3) is 0 Å². The molecule has 0 unspecified atom stereocenters. The average Bonchev–Trinajstić information content (AvgIpc) is 2.95. The van der Waals surface area contributed by atoms with Gasteiger partial charge in [0, 0.05) is 25.2 Å². The van der Waals surface area contributed by atoms with Crippen LogP contribution in [0, 0.1) is 6.92 Å². The Labute approximate surface area is 194 Å². The summed E-state index contributed by atoms with van der Waals surface area (Å²) in [7, 11) is -3.83. The van der Waals surface area contributed by atoms with Crippen molar-refractivity contribution in [1.82, 2.24) is 4.31 Å². The summed E-state index contributed by atoms with van der Waals surface area (Å²) in [5, 5.41) is 6.33. The molecule has 1 saturated carbocycles. The first-order valence-corrected chi connectivity index (χ1v) is 13.0. The number of hydrogen-bond acceptors (Lipinski definition) is 6. The van der Waals surface area contributed by atoms with E-state index in [9.17, 15) is 13.2 Å². The second-order valence-corrected chi connectivity index (χ2v) is 10.8. The fraction of sp³-hybridized carbons (Fsp3) is 0.458. The largest absolute Gasteiger partial charge is 0.454 e. The highest BCUT2D eigenvalue weighted by atomic mass is 32.2. The normalized spacial score (nSPS) is 19.6. The van der Waals surface area contributed by atoms with Crippen molar-refractivity contribution in [3.8, 4) is 11.5 Å². The van der Waals surface area contributed by atoms with Gasteiger partial charge >= 0.3 is 0 Å². The summed E-state index contributed by atoms with van der Waals surface area (Å²) < 4.78 is 40.2. The molecule has 176 valence electrons. The Balaban J connectivity index is 1.60. The molecule has 2 fully saturated rings. The molecule has 0 bridgehead atoms. The van der Waals surface area contributed by atoms with Crippen LogP contribution < -0.4 is 15.4 Å². The van der Waals surface area contributed by atoms with Crippen LogP contribution in [0.4, 0.5) is 11.4 Å². The smallest absolute Gasteiger partial charge is 0.259 e. The maximum Gasteiger partial charge on any atom is 0.259 e. The Morgan fingerprint density at radius 1 is 1.03 bits per heavy atom. The number of ether oxygens (including phenoxy) is 2. The van der Waals surface area contributed by atoms with Gasteiger partial charge in [-0.05, 0) is 43.5 Å². The lowest BCUT2D eigenvalue weighted by Crippen LogP contribution is -2.41. The molecule has 1 aliphatic carbocycles. The Morgan fingerprint density at radius 2 is 1.79 bits per heavy atom. The summed E-state index contributed by atoms with van der Waals surface area (Å²) in [6, 6.07) is 8.88. The van der Waals surface area contributed by atoms with E-state index in [-0.39, 0.29) is 29.6 Å². The van der Waals surface area contributed by atoms with Gasteiger partial charge in [0.25, 0.3) is 5.91 Å². The summed E-state index contributed by atoms with van der Waals surface area (Å²) in [6.07, 6.45) is 5.38. The molecule has 2 N–H and O–H groups in total. The van der Waals surface area contributed by atoms with Gasteiger partial charge in [0.05, 0.1) is 30.2 Å². The molecule has 1 saturated heterocycles. The summed E-state index contributed by atoms with van der Waals surface area (Å²) >= 11 is 0. The highest BCUT2D eigenvalue weighted by Crippen LogP contribution is 2.41. The topological polar surface area (TPSA) is 97.0 Å². The van der Waals surface area contributed by atoms with Gasteiger partial charge in [-0.3, -0.25) is 4.79 Å². The number of morpholine rings is 1. The fourth-order valence-electron chi connectivity index (χ4n) is 4.68. The molecule has 2 aliphatic heterocycles. The first-order valence-electron chi connectivity index (χ1n) is 11.5. The minimum absolute atomic E-state index is 0.106. The molecule has 0 radical (unpaired) electrons. The second-order valence-electron chi connectivity index (χ2n) is 8.90. The van der Waals surface area contributed by atoms with Crippen molar-refractivity contribution >= 4 is 27.3 Å². The molecule has 2 aromatic carbocycles. The van der Waals surface area contributed by atoms with Gasteiger partial charge < -0.3 is 20.1 Å². The molecular formula is C24H29N3O5S. The maximum atomic E-state index is 13.6. The van der Waals surface area contributed by atoms with E-state index in [2.05, 4.69) is 10.6 Å². The zero-order valence-electron chi connectivity index (χ0n) is 18.7. The molecule has 1 amide bonds. The Kier molecular flexibility index (Phi) is 6.03. The minimum atomic E-state index is -3.83. The zero-order chi connectivity index (χ0) is 23.0. The van der Waals surface area contributed by atoms with Gasteiger partial charge in [0.15, 0.2) is 5.75 Å². The van der Waals surface area contributed by atoms with Crippen LogP contribution in [0.15, 0.2) is 35.2 Å². The molecule has 5 rings (SSSR count).